The quantitative estimate of drug-likeness (QED) is 0.355. The third kappa shape index (κ3) is 6.04. The van der Waals surface area contributed by atoms with Gasteiger partial charge in [-0.1, -0.05) is 24.3 Å². The number of ether oxygens (including phenoxy) is 2. The Balaban J connectivity index is 1.74. The van der Waals surface area contributed by atoms with Crippen molar-refractivity contribution in [2.75, 3.05) is 17.7 Å². The molecule has 0 radical (unpaired) electrons. The van der Waals surface area contributed by atoms with Crippen molar-refractivity contribution in [2.45, 2.75) is 13.0 Å². The van der Waals surface area contributed by atoms with Crippen LogP contribution in [0.4, 0.5) is 5.69 Å². The van der Waals surface area contributed by atoms with Crippen LogP contribution in [0.25, 0.3) is 0 Å². The molecule has 0 saturated carbocycles. The van der Waals surface area contributed by atoms with Crippen molar-refractivity contribution >= 4 is 27.8 Å². The Morgan fingerprint density at radius 1 is 1.03 bits per heavy atom. The van der Waals surface area contributed by atoms with Crippen molar-refractivity contribution in [3.63, 3.8) is 0 Å². The number of amides is 1. The first-order chi connectivity index (χ1) is 16.2. The molecule has 3 aromatic carbocycles. The van der Waals surface area contributed by atoms with E-state index in [2.05, 4.69) is 10.5 Å². The van der Waals surface area contributed by atoms with Gasteiger partial charge in [-0.05, 0) is 55.5 Å². The molecule has 0 aliphatic heterocycles. The summed E-state index contributed by atoms with van der Waals surface area (Å²) in [5.41, 5.74) is 2.92. The molecule has 0 heterocycles. The zero-order valence-corrected chi connectivity index (χ0v) is 19.7. The maximum Gasteiger partial charge on any atom is 0.263 e. The summed E-state index contributed by atoms with van der Waals surface area (Å²) in [4.78, 5) is 12.7. The average Bonchev–Trinajstić information content (AvgIpc) is 2.81. The van der Waals surface area contributed by atoms with Gasteiger partial charge in [-0.25, -0.2) is 13.8 Å². The van der Waals surface area contributed by atoms with Crippen LogP contribution in [0.5, 0.6) is 23.0 Å². The number of phenols is 1. The van der Waals surface area contributed by atoms with Crippen molar-refractivity contribution in [3.05, 3.63) is 78.4 Å². The van der Waals surface area contributed by atoms with Crippen LogP contribution in [0.15, 0.2) is 77.9 Å². The highest BCUT2D eigenvalue weighted by Crippen LogP contribution is 2.28. The van der Waals surface area contributed by atoms with Gasteiger partial charge in [0.05, 0.1) is 25.3 Å². The number of nitrogens with one attached hydrogen (secondary N) is 1. The summed E-state index contributed by atoms with van der Waals surface area (Å²) in [6.45, 7) is 1.45. The highest BCUT2D eigenvalue weighted by molar-refractivity contribution is 7.92. The number of carbonyl (C=O) groups is 1. The van der Waals surface area contributed by atoms with Gasteiger partial charge in [0.1, 0.15) is 17.5 Å². The van der Waals surface area contributed by atoms with E-state index in [-0.39, 0.29) is 11.5 Å². The predicted molar refractivity (Wildman–Crippen MR) is 130 cm³/mol. The first-order valence-electron chi connectivity index (χ1n) is 10.2. The molecular weight excluding hydrogens is 458 g/mol. The Morgan fingerprint density at radius 2 is 1.68 bits per heavy atom. The van der Waals surface area contributed by atoms with Crippen LogP contribution in [-0.4, -0.2) is 45.1 Å². The largest absolute Gasteiger partial charge is 0.504 e. The summed E-state index contributed by atoms with van der Waals surface area (Å²) in [6, 6.07) is 19.2. The normalized spacial score (nSPS) is 12.2. The summed E-state index contributed by atoms with van der Waals surface area (Å²) < 4.78 is 36.7. The lowest BCUT2D eigenvalue weighted by Crippen LogP contribution is -2.46. The molecule has 0 bridgehead atoms. The van der Waals surface area contributed by atoms with Gasteiger partial charge in [0.25, 0.3) is 5.91 Å². The van der Waals surface area contributed by atoms with E-state index in [4.69, 9.17) is 9.47 Å². The second-order valence-electron chi connectivity index (χ2n) is 7.28. The zero-order valence-electron chi connectivity index (χ0n) is 18.9. The Hall–Kier alpha value is -4.05. The lowest BCUT2D eigenvalue weighted by Gasteiger charge is -2.27. The van der Waals surface area contributed by atoms with Crippen LogP contribution < -0.4 is 19.2 Å². The molecule has 34 heavy (non-hydrogen) atoms. The molecule has 178 valence electrons. The monoisotopic (exact) mass is 483 g/mol. The van der Waals surface area contributed by atoms with E-state index in [1.54, 1.807) is 54.6 Å². The molecule has 1 amide bonds. The summed E-state index contributed by atoms with van der Waals surface area (Å²) in [5, 5.41) is 13.9. The number of hydrazone groups is 1. The molecule has 9 nitrogen and oxygen atoms in total. The molecule has 0 aliphatic rings. The minimum Gasteiger partial charge on any atom is -0.504 e. The number of phenolic OH excluding ortho intramolecular Hbond substituents is 1. The van der Waals surface area contributed by atoms with Gasteiger partial charge >= 0.3 is 0 Å². The van der Waals surface area contributed by atoms with Gasteiger partial charge < -0.3 is 14.6 Å². The van der Waals surface area contributed by atoms with Crippen LogP contribution in [0.3, 0.4) is 0 Å². The third-order valence-electron chi connectivity index (χ3n) is 4.79. The number of aromatic hydroxyl groups is 1. The van der Waals surface area contributed by atoms with Gasteiger partial charge in [-0.3, -0.25) is 9.10 Å². The van der Waals surface area contributed by atoms with Crippen molar-refractivity contribution in [1.82, 2.24) is 5.43 Å². The SMILES string of the molecule is COc1cccc(/C=N\NC(=O)[C@@H](C)N(c2ccc(Oc3ccccc3)cc2)S(C)(=O)=O)c1O. The van der Waals surface area contributed by atoms with Gasteiger partial charge in [-0.2, -0.15) is 5.10 Å². The molecule has 0 aromatic heterocycles. The number of anilines is 1. The third-order valence-corrected chi connectivity index (χ3v) is 6.03. The van der Waals surface area contributed by atoms with Crippen LogP contribution in [0, 0.1) is 0 Å². The molecule has 10 heteroatoms. The molecule has 3 aromatic rings. The fraction of sp³-hybridized carbons (Fsp3) is 0.167. The Morgan fingerprint density at radius 3 is 2.29 bits per heavy atom. The summed E-state index contributed by atoms with van der Waals surface area (Å²) >= 11 is 0. The second-order valence-corrected chi connectivity index (χ2v) is 9.14. The standard InChI is InChI=1S/C24H25N3O6S/c1-17(24(29)26-25-16-18-8-7-11-22(32-2)23(18)28)27(34(3,30)31)19-12-14-21(15-13-19)33-20-9-5-4-6-10-20/h4-17,28H,1-3H3,(H,26,29)/b25-16-/t17-/m1/s1. The number of rotatable bonds is 9. The number of carbonyl (C=O) groups excluding carboxylic acids is 1. The molecule has 0 spiro atoms. The number of benzene rings is 3. The van der Waals surface area contributed by atoms with E-state index in [0.717, 1.165) is 10.6 Å². The maximum absolute atomic E-state index is 12.7. The molecule has 0 saturated heterocycles. The Bertz CT molecular complexity index is 1260. The predicted octanol–water partition coefficient (Wildman–Crippen LogP) is 3.50. The van der Waals surface area contributed by atoms with Gasteiger partial charge in [0.15, 0.2) is 11.5 Å². The van der Waals surface area contributed by atoms with E-state index >= 15 is 0 Å². The lowest BCUT2D eigenvalue weighted by atomic mass is 10.2. The summed E-state index contributed by atoms with van der Waals surface area (Å²) in [6.07, 6.45) is 2.26. The fourth-order valence-corrected chi connectivity index (χ4v) is 4.34. The van der Waals surface area contributed by atoms with Crippen LogP contribution in [-0.2, 0) is 14.8 Å². The number of sulfonamides is 1. The summed E-state index contributed by atoms with van der Waals surface area (Å²) in [7, 11) is -2.39. The number of nitrogens with zero attached hydrogens (tertiary/aromatic N) is 2. The number of hydrogen-bond acceptors (Lipinski definition) is 7. The van der Waals surface area contributed by atoms with Crippen LogP contribution in [0.2, 0.25) is 0 Å². The topological polar surface area (TPSA) is 118 Å². The van der Waals surface area contributed by atoms with Crippen molar-refractivity contribution in [3.8, 4) is 23.0 Å². The first kappa shape index (κ1) is 24.6. The highest BCUT2D eigenvalue weighted by Gasteiger charge is 2.29. The Kier molecular flexibility index (Phi) is 7.75. The fourth-order valence-electron chi connectivity index (χ4n) is 3.16. The molecular formula is C24H25N3O6S. The van der Waals surface area contributed by atoms with Gasteiger partial charge in [-0.15, -0.1) is 0 Å². The Labute approximate surface area is 198 Å². The van der Waals surface area contributed by atoms with Crippen molar-refractivity contribution < 1.29 is 27.8 Å². The van der Waals surface area contributed by atoms with Crippen LogP contribution in [0.1, 0.15) is 12.5 Å². The zero-order chi connectivity index (χ0) is 24.7. The van der Waals surface area contributed by atoms with E-state index in [1.807, 2.05) is 18.2 Å². The average molecular weight is 484 g/mol. The van der Waals surface area contributed by atoms with Gasteiger partial charge in [0, 0.05) is 5.56 Å². The number of hydrogen-bond donors (Lipinski definition) is 2. The number of para-hydroxylation sites is 2. The van der Waals surface area contributed by atoms with E-state index < -0.39 is 22.0 Å². The van der Waals surface area contributed by atoms with E-state index in [1.165, 1.54) is 20.2 Å². The lowest BCUT2D eigenvalue weighted by molar-refractivity contribution is -0.121. The van der Waals surface area contributed by atoms with E-state index in [0.29, 0.717) is 22.7 Å². The molecule has 0 fully saturated rings. The van der Waals surface area contributed by atoms with Crippen LogP contribution >= 0.6 is 0 Å². The minimum atomic E-state index is -3.80. The maximum atomic E-state index is 12.7. The van der Waals surface area contributed by atoms with Crippen molar-refractivity contribution in [2.24, 2.45) is 5.10 Å². The molecule has 1 atom stereocenters. The smallest absolute Gasteiger partial charge is 0.263 e. The highest BCUT2D eigenvalue weighted by atomic mass is 32.2. The molecule has 3 rings (SSSR count). The van der Waals surface area contributed by atoms with E-state index in [9.17, 15) is 18.3 Å². The van der Waals surface area contributed by atoms with Gasteiger partial charge in [0.2, 0.25) is 10.0 Å². The second kappa shape index (κ2) is 10.7. The molecule has 0 unspecified atom stereocenters. The number of methoxy groups -OCH3 is 1. The molecule has 0 aliphatic carbocycles. The molecule has 2 N–H and O–H groups in total. The van der Waals surface area contributed by atoms with Crippen molar-refractivity contribution in [1.29, 1.82) is 0 Å². The summed E-state index contributed by atoms with van der Waals surface area (Å²) in [5.74, 6) is 0.623. The minimum absolute atomic E-state index is 0.133. The first-order valence-corrected chi connectivity index (χ1v) is 12.1.